The van der Waals surface area contributed by atoms with Gasteiger partial charge < -0.3 is 9.64 Å². The van der Waals surface area contributed by atoms with Gasteiger partial charge in [0.25, 0.3) is 5.91 Å². The Morgan fingerprint density at radius 3 is 2.74 bits per heavy atom. The zero-order valence-corrected chi connectivity index (χ0v) is 16.6. The normalized spacial score (nSPS) is 14.1. The van der Waals surface area contributed by atoms with Gasteiger partial charge in [0.1, 0.15) is 5.75 Å². The molecule has 1 saturated carbocycles. The Morgan fingerprint density at radius 1 is 1.33 bits per heavy atom. The highest BCUT2D eigenvalue weighted by Crippen LogP contribution is 2.32. The number of ether oxygens (including phenoxy) is 1. The Balaban J connectivity index is 1.90. The van der Waals surface area contributed by atoms with Crippen LogP contribution in [0.3, 0.4) is 0 Å². The Morgan fingerprint density at radius 2 is 2.11 bits per heavy atom. The van der Waals surface area contributed by atoms with Crippen molar-refractivity contribution >= 4 is 34.0 Å². The maximum atomic E-state index is 12.7. The first-order valence-corrected chi connectivity index (χ1v) is 10.3. The van der Waals surface area contributed by atoms with Crippen LogP contribution in [0.15, 0.2) is 29.8 Å². The molecule has 27 heavy (non-hydrogen) atoms. The van der Waals surface area contributed by atoms with E-state index in [-0.39, 0.29) is 17.9 Å². The molecule has 6 nitrogen and oxygen atoms in total. The molecule has 0 radical (unpaired) electrons. The molecule has 1 heterocycles. The number of carbonyl (C=O) groups is 2. The number of hydrogen-bond acceptors (Lipinski definition) is 5. The van der Waals surface area contributed by atoms with Crippen molar-refractivity contribution in [3.05, 3.63) is 35.3 Å². The molecular weight excluding hydrogens is 362 g/mol. The van der Waals surface area contributed by atoms with Crippen LogP contribution in [0.2, 0.25) is 0 Å². The van der Waals surface area contributed by atoms with E-state index in [9.17, 15) is 9.59 Å². The van der Waals surface area contributed by atoms with E-state index in [4.69, 9.17) is 4.74 Å². The quantitative estimate of drug-likeness (QED) is 0.760. The molecule has 2 aromatic rings. The number of nitrogens with one attached hydrogen (secondary N) is 1. The first kappa shape index (κ1) is 19.4. The highest BCUT2D eigenvalue weighted by molar-refractivity contribution is 7.13. The molecule has 2 amide bonds. The molecule has 0 bridgehead atoms. The van der Waals surface area contributed by atoms with Crippen LogP contribution in [0.4, 0.5) is 10.8 Å². The fraction of sp³-hybridized carbons (Fsp3) is 0.450. The van der Waals surface area contributed by atoms with Crippen molar-refractivity contribution in [3.8, 4) is 5.75 Å². The Kier molecular flexibility index (Phi) is 6.45. The molecule has 0 saturated heterocycles. The lowest BCUT2D eigenvalue weighted by atomic mass is 10.1. The number of rotatable bonds is 7. The molecule has 1 N–H and O–H groups in total. The number of anilines is 2. The fourth-order valence-corrected chi connectivity index (χ4v) is 3.97. The van der Waals surface area contributed by atoms with E-state index in [0.717, 1.165) is 37.8 Å². The van der Waals surface area contributed by atoms with Gasteiger partial charge in [0.05, 0.1) is 12.2 Å². The smallest absolute Gasteiger partial charge is 0.261 e. The minimum atomic E-state index is -0.266. The summed E-state index contributed by atoms with van der Waals surface area (Å²) in [5.74, 6) is 0.244. The van der Waals surface area contributed by atoms with E-state index in [0.29, 0.717) is 23.1 Å². The summed E-state index contributed by atoms with van der Waals surface area (Å²) in [5.41, 5.74) is 1.23. The van der Waals surface area contributed by atoms with Crippen molar-refractivity contribution in [2.75, 3.05) is 16.8 Å². The second-order valence-corrected chi connectivity index (χ2v) is 7.54. The average Bonchev–Trinajstić information content (AvgIpc) is 3.34. The van der Waals surface area contributed by atoms with Gasteiger partial charge >= 0.3 is 0 Å². The molecule has 0 unspecified atom stereocenters. The number of aromatic nitrogens is 1. The predicted molar refractivity (Wildman–Crippen MR) is 108 cm³/mol. The van der Waals surface area contributed by atoms with E-state index in [1.165, 1.54) is 11.3 Å². The summed E-state index contributed by atoms with van der Waals surface area (Å²) in [5, 5.41) is 5.14. The molecule has 1 aliphatic carbocycles. The maximum absolute atomic E-state index is 12.7. The molecule has 144 valence electrons. The Labute approximate surface area is 163 Å². The van der Waals surface area contributed by atoms with Gasteiger partial charge in [-0.1, -0.05) is 19.8 Å². The summed E-state index contributed by atoms with van der Waals surface area (Å²) >= 11 is 1.36. The van der Waals surface area contributed by atoms with Gasteiger partial charge in [-0.25, -0.2) is 4.98 Å². The third kappa shape index (κ3) is 4.66. The van der Waals surface area contributed by atoms with Gasteiger partial charge in [0.15, 0.2) is 5.13 Å². The lowest BCUT2D eigenvalue weighted by Crippen LogP contribution is -2.37. The summed E-state index contributed by atoms with van der Waals surface area (Å²) in [7, 11) is 0. The van der Waals surface area contributed by atoms with Crippen LogP contribution in [0.25, 0.3) is 0 Å². The second-order valence-electron chi connectivity index (χ2n) is 6.65. The molecule has 1 aromatic heterocycles. The molecule has 1 fully saturated rings. The highest BCUT2D eigenvalue weighted by atomic mass is 32.1. The second kappa shape index (κ2) is 8.99. The van der Waals surface area contributed by atoms with Gasteiger partial charge in [-0.15, -0.1) is 11.3 Å². The number of thiazole rings is 1. The van der Waals surface area contributed by atoms with Crippen molar-refractivity contribution < 1.29 is 14.3 Å². The molecule has 1 aliphatic rings. The zero-order valence-electron chi connectivity index (χ0n) is 15.7. The lowest BCUT2D eigenvalue weighted by molar-refractivity contribution is -0.117. The summed E-state index contributed by atoms with van der Waals surface area (Å²) in [4.78, 5) is 30.9. The number of hydrogen-bond donors (Lipinski definition) is 1. The Bertz CT molecular complexity index is 786. The standard InChI is InChI=1S/C20H25N3O3S/c1-3-11-26-18-13-16(23(14(2)24)15-6-4-5-7-15)8-9-17(18)19(25)22-20-21-10-12-27-20/h8-10,12-13,15H,3-7,11H2,1-2H3,(H,21,22,25). The number of nitrogens with zero attached hydrogens (tertiary/aromatic N) is 2. The molecule has 7 heteroatoms. The SMILES string of the molecule is CCCOc1cc(N(C(C)=O)C2CCCC2)ccc1C(=O)Nc1nccs1. The lowest BCUT2D eigenvalue weighted by Gasteiger charge is -2.28. The van der Waals surface area contributed by atoms with Gasteiger partial charge in [-0.3, -0.25) is 14.9 Å². The van der Waals surface area contributed by atoms with E-state index < -0.39 is 0 Å². The number of benzene rings is 1. The first-order valence-electron chi connectivity index (χ1n) is 9.37. The van der Waals surface area contributed by atoms with Crippen LogP contribution in [0.5, 0.6) is 5.75 Å². The molecule has 0 aliphatic heterocycles. The van der Waals surface area contributed by atoms with Crippen LogP contribution in [-0.4, -0.2) is 29.4 Å². The minimum Gasteiger partial charge on any atom is -0.493 e. The van der Waals surface area contributed by atoms with Crippen LogP contribution in [0.1, 0.15) is 56.3 Å². The van der Waals surface area contributed by atoms with Gasteiger partial charge in [-0.2, -0.15) is 0 Å². The monoisotopic (exact) mass is 387 g/mol. The third-order valence-corrected chi connectivity index (χ3v) is 5.32. The molecular formula is C20H25N3O3S. The molecule has 3 rings (SSSR count). The van der Waals surface area contributed by atoms with Crippen molar-refractivity contribution in [2.24, 2.45) is 0 Å². The van der Waals surface area contributed by atoms with E-state index >= 15 is 0 Å². The summed E-state index contributed by atoms with van der Waals surface area (Å²) < 4.78 is 5.84. The zero-order chi connectivity index (χ0) is 19.2. The van der Waals surface area contributed by atoms with Crippen LogP contribution < -0.4 is 15.0 Å². The van der Waals surface area contributed by atoms with Crippen molar-refractivity contribution in [2.45, 2.75) is 52.0 Å². The largest absolute Gasteiger partial charge is 0.493 e. The van der Waals surface area contributed by atoms with Crippen molar-refractivity contribution in [3.63, 3.8) is 0 Å². The van der Waals surface area contributed by atoms with Gasteiger partial charge in [0, 0.05) is 36.3 Å². The summed E-state index contributed by atoms with van der Waals surface area (Å²) in [6, 6.07) is 5.59. The Hall–Kier alpha value is -2.41. The summed E-state index contributed by atoms with van der Waals surface area (Å²) in [6.07, 6.45) is 6.78. The van der Waals surface area contributed by atoms with Crippen LogP contribution >= 0.6 is 11.3 Å². The van der Waals surface area contributed by atoms with Crippen LogP contribution in [-0.2, 0) is 4.79 Å². The number of amides is 2. The third-order valence-electron chi connectivity index (χ3n) is 4.63. The highest BCUT2D eigenvalue weighted by Gasteiger charge is 2.27. The maximum Gasteiger partial charge on any atom is 0.261 e. The minimum absolute atomic E-state index is 0.0170. The van der Waals surface area contributed by atoms with E-state index in [1.807, 2.05) is 24.0 Å². The van der Waals surface area contributed by atoms with E-state index in [2.05, 4.69) is 10.3 Å². The first-order chi connectivity index (χ1) is 13.1. The fourth-order valence-electron chi connectivity index (χ4n) is 3.44. The molecule has 1 aromatic carbocycles. The molecule has 0 spiro atoms. The average molecular weight is 388 g/mol. The van der Waals surface area contributed by atoms with Crippen molar-refractivity contribution in [1.82, 2.24) is 4.98 Å². The topological polar surface area (TPSA) is 71.5 Å². The van der Waals surface area contributed by atoms with Crippen molar-refractivity contribution in [1.29, 1.82) is 0 Å². The number of carbonyl (C=O) groups excluding carboxylic acids is 2. The van der Waals surface area contributed by atoms with E-state index in [1.54, 1.807) is 24.6 Å². The molecule has 0 atom stereocenters. The van der Waals surface area contributed by atoms with Gasteiger partial charge in [0.2, 0.25) is 5.91 Å². The predicted octanol–water partition coefficient (Wildman–Crippen LogP) is 4.48. The summed E-state index contributed by atoms with van der Waals surface area (Å²) in [6.45, 7) is 4.11. The van der Waals surface area contributed by atoms with Crippen LogP contribution in [0, 0.1) is 0 Å². The van der Waals surface area contributed by atoms with Gasteiger partial charge in [-0.05, 0) is 31.4 Å².